The Hall–Kier alpha value is -1.31. The molecule has 0 saturated carbocycles. The van der Waals surface area contributed by atoms with E-state index in [0.29, 0.717) is 12.0 Å². The number of rotatable bonds is 4. The standard InChI is InChI=1S/C12H18N2/c1-9(2)12(14-10(3)4)11-6-5-7-13-8-11/h5-9,12,14H,3H2,1-2,4H3. The van der Waals surface area contributed by atoms with Gasteiger partial charge in [0.15, 0.2) is 0 Å². The molecule has 1 heterocycles. The van der Waals surface area contributed by atoms with Gasteiger partial charge < -0.3 is 5.32 Å². The van der Waals surface area contributed by atoms with Crippen LogP contribution in [0.4, 0.5) is 0 Å². The molecule has 0 aromatic carbocycles. The van der Waals surface area contributed by atoms with Crippen LogP contribution in [0.2, 0.25) is 0 Å². The number of nitrogens with zero attached hydrogens (tertiary/aromatic N) is 1. The number of hydrogen-bond donors (Lipinski definition) is 1. The maximum atomic E-state index is 4.13. The summed E-state index contributed by atoms with van der Waals surface area (Å²) in [5, 5.41) is 3.36. The van der Waals surface area contributed by atoms with Gasteiger partial charge in [-0.1, -0.05) is 26.5 Å². The topological polar surface area (TPSA) is 24.9 Å². The fourth-order valence-corrected chi connectivity index (χ4v) is 1.46. The smallest absolute Gasteiger partial charge is 0.0548 e. The molecule has 0 radical (unpaired) electrons. The molecule has 14 heavy (non-hydrogen) atoms. The molecule has 2 nitrogen and oxygen atoms in total. The van der Waals surface area contributed by atoms with E-state index < -0.39 is 0 Å². The van der Waals surface area contributed by atoms with Crippen LogP contribution >= 0.6 is 0 Å². The molecule has 0 aliphatic rings. The first kappa shape index (κ1) is 10.8. The van der Waals surface area contributed by atoms with Gasteiger partial charge in [-0.2, -0.15) is 0 Å². The average molecular weight is 190 g/mol. The molecular formula is C12H18N2. The zero-order chi connectivity index (χ0) is 10.6. The van der Waals surface area contributed by atoms with Crippen molar-refractivity contribution in [3.63, 3.8) is 0 Å². The Balaban J connectivity index is 2.83. The van der Waals surface area contributed by atoms with Gasteiger partial charge in [0, 0.05) is 18.1 Å². The summed E-state index contributed by atoms with van der Waals surface area (Å²) in [7, 11) is 0. The lowest BCUT2D eigenvalue weighted by Gasteiger charge is -2.23. The van der Waals surface area contributed by atoms with Crippen molar-refractivity contribution in [2.45, 2.75) is 26.8 Å². The highest BCUT2D eigenvalue weighted by atomic mass is 14.9. The lowest BCUT2D eigenvalue weighted by Crippen LogP contribution is -2.23. The molecule has 0 saturated heterocycles. The fraction of sp³-hybridized carbons (Fsp3) is 0.417. The van der Waals surface area contributed by atoms with Crippen molar-refractivity contribution in [3.05, 3.63) is 42.4 Å². The van der Waals surface area contributed by atoms with Crippen molar-refractivity contribution in [1.29, 1.82) is 0 Å². The van der Waals surface area contributed by atoms with Crippen molar-refractivity contribution < 1.29 is 0 Å². The summed E-state index contributed by atoms with van der Waals surface area (Å²) in [6.45, 7) is 10.2. The molecule has 76 valence electrons. The Bertz CT molecular complexity index is 290. The summed E-state index contributed by atoms with van der Waals surface area (Å²) in [5.41, 5.74) is 2.21. The van der Waals surface area contributed by atoms with Gasteiger partial charge >= 0.3 is 0 Å². The van der Waals surface area contributed by atoms with E-state index in [2.05, 4.69) is 36.8 Å². The summed E-state index contributed by atoms with van der Waals surface area (Å²) < 4.78 is 0. The largest absolute Gasteiger partial charge is 0.382 e. The summed E-state index contributed by atoms with van der Waals surface area (Å²) in [6.07, 6.45) is 3.70. The minimum Gasteiger partial charge on any atom is -0.382 e. The summed E-state index contributed by atoms with van der Waals surface area (Å²) >= 11 is 0. The van der Waals surface area contributed by atoms with Crippen molar-refractivity contribution in [2.75, 3.05) is 0 Å². The van der Waals surface area contributed by atoms with E-state index in [-0.39, 0.29) is 0 Å². The molecule has 2 heteroatoms. The van der Waals surface area contributed by atoms with Crippen LogP contribution in [0.15, 0.2) is 36.8 Å². The zero-order valence-electron chi connectivity index (χ0n) is 9.12. The van der Waals surface area contributed by atoms with Crippen molar-refractivity contribution >= 4 is 0 Å². The minimum atomic E-state index is 0.307. The van der Waals surface area contributed by atoms with Crippen LogP contribution in [0.1, 0.15) is 32.4 Å². The van der Waals surface area contributed by atoms with Crippen molar-refractivity contribution in [2.24, 2.45) is 5.92 Å². The van der Waals surface area contributed by atoms with Crippen LogP contribution in [0.5, 0.6) is 0 Å². The second-order valence-corrected chi connectivity index (χ2v) is 3.93. The molecular weight excluding hydrogens is 172 g/mol. The quantitative estimate of drug-likeness (QED) is 0.789. The van der Waals surface area contributed by atoms with E-state index >= 15 is 0 Å². The molecule has 1 atom stereocenters. The predicted octanol–water partition coefficient (Wildman–Crippen LogP) is 2.90. The van der Waals surface area contributed by atoms with Crippen molar-refractivity contribution in [3.8, 4) is 0 Å². The Morgan fingerprint density at radius 1 is 1.50 bits per heavy atom. The molecule has 0 aliphatic carbocycles. The van der Waals surface area contributed by atoms with E-state index in [1.165, 1.54) is 5.56 Å². The second-order valence-electron chi connectivity index (χ2n) is 3.93. The summed E-state index contributed by atoms with van der Waals surface area (Å²) in [5.74, 6) is 0.524. The normalized spacial score (nSPS) is 12.6. The number of hydrogen-bond acceptors (Lipinski definition) is 2. The molecule has 0 aliphatic heterocycles. The summed E-state index contributed by atoms with van der Waals surface area (Å²) in [4.78, 5) is 4.13. The van der Waals surface area contributed by atoms with Crippen LogP contribution in [-0.2, 0) is 0 Å². The predicted molar refractivity (Wildman–Crippen MR) is 59.8 cm³/mol. The molecule has 1 aromatic heterocycles. The first-order valence-corrected chi connectivity index (χ1v) is 4.93. The maximum absolute atomic E-state index is 4.13. The van der Waals surface area contributed by atoms with Crippen LogP contribution < -0.4 is 5.32 Å². The fourth-order valence-electron chi connectivity index (χ4n) is 1.46. The first-order valence-electron chi connectivity index (χ1n) is 4.93. The number of nitrogens with one attached hydrogen (secondary N) is 1. The van der Waals surface area contributed by atoms with E-state index in [1.807, 2.05) is 19.2 Å². The third kappa shape index (κ3) is 2.87. The lowest BCUT2D eigenvalue weighted by atomic mass is 9.97. The van der Waals surface area contributed by atoms with Crippen molar-refractivity contribution in [1.82, 2.24) is 10.3 Å². The van der Waals surface area contributed by atoms with Gasteiger partial charge in [-0.25, -0.2) is 0 Å². The SMILES string of the molecule is C=C(C)NC(c1cccnc1)C(C)C. The zero-order valence-corrected chi connectivity index (χ0v) is 9.12. The van der Waals surface area contributed by atoms with Crippen LogP contribution in [-0.4, -0.2) is 4.98 Å². The van der Waals surface area contributed by atoms with Crippen LogP contribution in [0.25, 0.3) is 0 Å². The molecule has 0 spiro atoms. The second kappa shape index (κ2) is 4.80. The molecule has 1 rings (SSSR count). The van der Waals surface area contributed by atoms with E-state index in [4.69, 9.17) is 0 Å². The van der Waals surface area contributed by atoms with E-state index in [9.17, 15) is 0 Å². The Morgan fingerprint density at radius 3 is 2.64 bits per heavy atom. The third-order valence-corrected chi connectivity index (χ3v) is 2.11. The molecule has 1 aromatic rings. The van der Waals surface area contributed by atoms with E-state index in [0.717, 1.165) is 5.70 Å². The highest BCUT2D eigenvalue weighted by Gasteiger charge is 2.14. The Morgan fingerprint density at radius 2 is 2.21 bits per heavy atom. The van der Waals surface area contributed by atoms with Gasteiger partial charge in [0.25, 0.3) is 0 Å². The molecule has 1 unspecified atom stereocenters. The van der Waals surface area contributed by atoms with Crippen LogP contribution in [0.3, 0.4) is 0 Å². The van der Waals surface area contributed by atoms with Crippen LogP contribution in [0, 0.1) is 5.92 Å². The van der Waals surface area contributed by atoms with Gasteiger partial charge in [0.05, 0.1) is 6.04 Å². The highest BCUT2D eigenvalue weighted by Crippen LogP contribution is 2.21. The average Bonchev–Trinajstić information content (AvgIpc) is 2.15. The molecule has 0 amide bonds. The molecule has 1 N–H and O–H groups in total. The first-order chi connectivity index (χ1) is 6.61. The highest BCUT2D eigenvalue weighted by molar-refractivity contribution is 5.16. The molecule has 0 bridgehead atoms. The van der Waals surface area contributed by atoms with E-state index in [1.54, 1.807) is 6.20 Å². The lowest BCUT2D eigenvalue weighted by molar-refractivity contribution is 0.445. The van der Waals surface area contributed by atoms with Gasteiger partial charge in [0.2, 0.25) is 0 Å². The van der Waals surface area contributed by atoms with Gasteiger partial charge in [-0.15, -0.1) is 0 Å². The number of allylic oxidation sites excluding steroid dienone is 1. The molecule has 0 fully saturated rings. The monoisotopic (exact) mass is 190 g/mol. The van der Waals surface area contributed by atoms with Gasteiger partial charge in [-0.05, 0) is 24.5 Å². The van der Waals surface area contributed by atoms with Gasteiger partial charge in [-0.3, -0.25) is 4.98 Å². The van der Waals surface area contributed by atoms with Gasteiger partial charge in [0.1, 0.15) is 0 Å². The Labute approximate surface area is 86.1 Å². The summed E-state index contributed by atoms with van der Waals surface area (Å²) in [6, 6.07) is 4.36. The number of aromatic nitrogens is 1. The third-order valence-electron chi connectivity index (χ3n) is 2.11. The minimum absolute atomic E-state index is 0.307. The maximum Gasteiger partial charge on any atom is 0.0548 e. The Kier molecular flexibility index (Phi) is 3.69. The number of pyridine rings is 1.